The topological polar surface area (TPSA) is 43.7 Å². The Balaban J connectivity index is 0.00000225. The van der Waals surface area contributed by atoms with Crippen LogP contribution in [-0.4, -0.2) is 44.3 Å². The molecule has 0 radical (unpaired) electrons. The third-order valence-corrected chi connectivity index (χ3v) is 6.03. The van der Waals surface area contributed by atoms with Crippen molar-refractivity contribution in [2.45, 2.75) is 6.54 Å². The Hall–Kier alpha value is -2.28. The lowest BCUT2D eigenvalue weighted by Gasteiger charge is -2.12. The van der Waals surface area contributed by atoms with Gasteiger partial charge in [0.05, 0.1) is 24.4 Å². The first kappa shape index (κ1) is 20.5. The second-order valence-electron chi connectivity index (χ2n) is 6.81. The molecule has 0 atom stereocenters. The Bertz CT molecular complexity index is 1210. The van der Waals surface area contributed by atoms with E-state index < -0.39 is 0 Å². The molecule has 0 bridgehead atoms. The third-order valence-electron chi connectivity index (χ3n) is 4.86. The first-order chi connectivity index (χ1) is 13.0. The van der Waals surface area contributed by atoms with Crippen molar-refractivity contribution in [1.29, 1.82) is 0 Å². The normalized spacial score (nSPS) is 11.3. The van der Waals surface area contributed by atoms with E-state index in [0.717, 1.165) is 55.8 Å². The molecule has 5 nitrogen and oxygen atoms in total. The maximum atomic E-state index is 13.4. The molecule has 2 aromatic heterocycles. The molecule has 0 aliphatic heterocycles. The van der Waals surface area contributed by atoms with E-state index in [0.29, 0.717) is 0 Å². The van der Waals surface area contributed by atoms with Gasteiger partial charge in [-0.1, -0.05) is 0 Å². The van der Waals surface area contributed by atoms with Gasteiger partial charge in [-0.2, -0.15) is 0 Å². The largest absolute Gasteiger partial charge is 0.497 e. The summed E-state index contributed by atoms with van der Waals surface area (Å²) in [6.07, 6.45) is 0. The zero-order valence-electron chi connectivity index (χ0n) is 16.3. The number of nitrogens with zero attached hydrogens (tertiary/aromatic N) is 2. The molecule has 2 aromatic carbocycles. The molecule has 0 unspecified atom stereocenters. The van der Waals surface area contributed by atoms with Gasteiger partial charge in [-0.15, -0.1) is 23.7 Å². The van der Waals surface area contributed by atoms with E-state index in [1.54, 1.807) is 25.6 Å². The minimum Gasteiger partial charge on any atom is -0.497 e. The van der Waals surface area contributed by atoms with Crippen LogP contribution in [0.25, 0.3) is 31.2 Å². The number of benzene rings is 2. The number of hydrogen-bond acceptors (Lipinski definition) is 5. The van der Waals surface area contributed by atoms with Crippen LogP contribution >= 0.6 is 23.7 Å². The average Bonchev–Trinajstić information content (AvgIpc) is 2.99. The number of aromatic nitrogens is 1. The van der Waals surface area contributed by atoms with Crippen LogP contribution < -0.4 is 14.9 Å². The van der Waals surface area contributed by atoms with E-state index in [9.17, 15) is 4.79 Å². The first-order valence-electron chi connectivity index (χ1n) is 8.79. The molecule has 7 heteroatoms. The number of methoxy groups -OCH3 is 2. The zero-order chi connectivity index (χ0) is 19.1. The molecule has 0 amide bonds. The lowest BCUT2D eigenvalue weighted by Crippen LogP contribution is -2.19. The van der Waals surface area contributed by atoms with Crippen molar-refractivity contribution in [3.63, 3.8) is 0 Å². The van der Waals surface area contributed by atoms with Gasteiger partial charge < -0.3 is 18.9 Å². The molecular weight excluding hydrogens is 396 g/mol. The number of fused-ring (bicyclic) bond motifs is 4. The van der Waals surface area contributed by atoms with Crippen molar-refractivity contribution in [1.82, 2.24) is 9.47 Å². The summed E-state index contributed by atoms with van der Waals surface area (Å²) in [4.78, 5) is 15.5. The molecule has 0 aliphatic rings. The molecule has 0 aliphatic carbocycles. The van der Waals surface area contributed by atoms with Gasteiger partial charge in [0.1, 0.15) is 17.0 Å². The Kier molecular flexibility index (Phi) is 5.84. The highest BCUT2D eigenvalue weighted by atomic mass is 35.5. The maximum absolute atomic E-state index is 13.4. The van der Waals surface area contributed by atoms with Gasteiger partial charge in [0.15, 0.2) is 0 Å². The van der Waals surface area contributed by atoms with Crippen LogP contribution in [0.2, 0.25) is 0 Å². The van der Waals surface area contributed by atoms with Gasteiger partial charge in [0, 0.05) is 28.6 Å². The van der Waals surface area contributed by atoms with E-state index >= 15 is 0 Å². The smallest absolute Gasteiger partial charge is 0.212 e. The number of likely N-dealkylation sites (N-methyl/N-ethyl adjacent to an activating group) is 1. The molecule has 0 saturated carbocycles. The third kappa shape index (κ3) is 3.32. The van der Waals surface area contributed by atoms with Crippen molar-refractivity contribution >= 4 is 54.9 Å². The Morgan fingerprint density at radius 3 is 2.36 bits per heavy atom. The first-order valence-corrected chi connectivity index (χ1v) is 9.60. The van der Waals surface area contributed by atoms with Crippen LogP contribution in [0.15, 0.2) is 41.2 Å². The van der Waals surface area contributed by atoms with Gasteiger partial charge in [0.2, 0.25) is 5.43 Å². The second-order valence-corrected chi connectivity index (χ2v) is 7.86. The molecule has 4 rings (SSSR count). The van der Waals surface area contributed by atoms with Crippen molar-refractivity contribution in [2.24, 2.45) is 0 Å². The van der Waals surface area contributed by atoms with Crippen LogP contribution in [0.3, 0.4) is 0 Å². The fourth-order valence-corrected chi connectivity index (χ4v) is 4.67. The molecule has 4 aromatic rings. The highest BCUT2D eigenvalue weighted by Gasteiger charge is 2.17. The van der Waals surface area contributed by atoms with Crippen molar-refractivity contribution in [2.75, 3.05) is 34.9 Å². The number of ether oxygens (including phenoxy) is 2. The monoisotopic (exact) mass is 418 g/mol. The van der Waals surface area contributed by atoms with Crippen molar-refractivity contribution < 1.29 is 9.47 Å². The quantitative estimate of drug-likeness (QED) is 0.482. The minimum absolute atomic E-state index is 0. The van der Waals surface area contributed by atoms with Crippen molar-refractivity contribution in [3.05, 3.63) is 46.6 Å². The number of halogens is 1. The lowest BCUT2D eigenvalue weighted by atomic mass is 10.2. The van der Waals surface area contributed by atoms with Gasteiger partial charge in [-0.05, 0) is 50.5 Å². The van der Waals surface area contributed by atoms with E-state index in [2.05, 4.69) is 9.47 Å². The molecular formula is C21H23ClN2O3S. The molecule has 0 N–H and O–H groups in total. The molecule has 2 heterocycles. The Labute approximate surface area is 173 Å². The summed E-state index contributed by atoms with van der Waals surface area (Å²) >= 11 is 1.63. The van der Waals surface area contributed by atoms with Crippen LogP contribution in [0.5, 0.6) is 11.5 Å². The number of rotatable bonds is 5. The van der Waals surface area contributed by atoms with Gasteiger partial charge >= 0.3 is 0 Å². The second kappa shape index (κ2) is 7.99. The van der Waals surface area contributed by atoms with Gasteiger partial charge in [0.25, 0.3) is 0 Å². The fraction of sp³-hybridized carbons (Fsp3) is 0.286. The summed E-state index contributed by atoms with van der Waals surface area (Å²) in [5, 5.41) is 1.78. The fourth-order valence-electron chi connectivity index (χ4n) is 3.43. The Morgan fingerprint density at radius 1 is 1.00 bits per heavy atom. The highest BCUT2D eigenvalue weighted by molar-refractivity contribution is 7.25. The Morgan fingerprint density at radius 2 is 1.68 bits per heavy atom. The van der Waals surface area contributed by atoms with E-state index in [-0.39, 0.29) is 17.8 Å². The van der Waals surface area contributed by atoms with E-state index in [1.807, 2.05) is 50.5 Å². The predicted octanol–water partition coefficient (Wildman–Crippen LogP) is 4.37. The van der Waals surface area contributed by atoms with Crippen LogP contribution in [-0.2, 0) is 6.54 Å². The summed E-state index contributed by atoms with van der Waals surface area (Å²) < 4.78 is 14.8. The summed E-state index contributed by atoms with van der Waals surface area (Å²) in [7, 11) is 7.38. The zero-order valence-corrected chi connectivity index (χ0v) is 17.9. The molecule has 28 heavy (non-hydrogen) atoms. The van der Waals surface area contributed by atoms with Gasteiger partial charge in [-0.3, -0.25) is 4.79 Å². The van der Waals surface area contributed by atoms with E-state index in [1.165, 1.54) is 0 Å². The average molecular weight is 419 g/mol. The molecule has 0 spiro atoms. The summed E-state index contributed by atoms with van der Waals surface area (Å²) in [6, 6.07) is 11.7. The molecule has 0 saturated heterocycles. The van der Waals surface area contributed by atoms with E-state index in [4.69, 9.17) is 9.47 Å². The van der Waals surface area contributed by atoms with Crippen LogP contribution in [0, 0.1) is 0 Å². The highest BCUT2D eigenvalue weighted by Crippen LogP contribution is 2.36. The van der Waals surface area contributed by atoms with Crippen molar-refractivity contribution in [3.8, 4) is 11.5 Å². The SMILES string of the molecule is COc1ccc2c(=O)c3c(sc2c1)c1cc(OC)ccc1n3CCN(C)C.Cl. The van der Waals surface area contributed by atoms with Gasteiger partial charge in [-0.25, -0.2) is 0 Å². The maximum Gasteiger partial charge on any atom is 0.212 e. The molecule has 0 fully saturated rings. The summed E-state index contributed by atoms with van der Waals surface area (Å²) in [5.41, 5.74) is 1.89. The predicted molar refractivity (Wildman–Crippen MR) is 120 cm³/mol. The lowest BCUT2D eigenvalue weighted by molar-refractivity contribution is 0.389. The van der Waals surface area contributed by atoms with Crippen LogP contribution in [0.1, 0.15) is 0 Å². The summed E-state index contributed by atoms with van der Waals surface area (Å²) in [6.45, 7) is 1.61. The minimum atomic E-state index is 0. The molecule has 148 valence electrons. The summed E-state index contributed by atoms with van der Waals surface area (Å²) in [5.74, 6) is 1.55. The standard InChI is InChI=1S/C21H22N2O3S.ClH/c1-22(2)9-10-23-17-8-6-13(25-3)11-16(17)21-19(23)20(24)15-7-5-14(26-4)12-18(15)27-21;/h5-8,11-12H,9-10H2,1-4H3;1H. The number of hydrogen-bond donors (Lipinski definition) is 0. The van der Waals surface area contributed by atoms with Crippen LogP contribution in [0.4, 0.5) is 0 Å².